The van der Waals surface area contributed by atoms with Gasteiger partial charge < -0.3 is 5.32 Å². The Morgan fingerprint density at radius 3 is 2.41 bits per heavy atom. The highest BCUT2D eigenvalue weighted by molar-refractivity contribution is 7.90. The number of pyridine rings is 1. The molecule has 0 fully saturated rings. The minimum absolute atomic E-state index is 0.0193. The molecule has 0 radical (unpaired) electrons. The van der Waals surface area contributed by atoms with Gasteiger partial charge in [-0.2, -0.15) is 13.2 Å². The Morgan fingerprint density at radius 2 is 1.68 bits per heavy atom. The van der Waals surface area contributed by atoms with Gasteiger partial charge in [-0.3, -0.25) is 9.59 Å². The number of halogens is 4. The molecule has 12 heteroatoms. The van der Waals surface area contributed by atoms with Crippen LogP contribution in [0.25, 0.3) is 22.2 Å². The zero-order chi connectivity index (χ0) is 29.8. The van der Waals surface area contributed by atoms with Crippen molar-refractivity contribution in [3.8, 4) is 11.3 Å². The van der Waals surface area contributed by atoms with Gasteiger partial charge in [0, 0.05) is 22.9 Å². The second kappa shape index (κ2) is 12.0. The number of sulfonamides is 1. The SMILES string of the molecule is CCCCCC(=O)NS(=O)(=O)c1ccccc1NC(=O)c1ccc2nc(-c3cc(C(F)(F)F)ccc3F)ccc2c1. The van der Waals surface area contributed by atoms with Crippen LogP contribution in [0.2, 0.25) is 0 Å². The lowest BCUT2D eigenvalue weighted by Crippen LogP contribution is -2.31. The number of amides is 2. The molecule has 0 aliphatic heterocycles. The Hall–Kier alpha value is -4.32. The van der Waals surface area contributed by atoms with Crippen molar-refractivity contribution in [2.24, 2.45) is 0 Å². The molecule has 0 saturated heterocycles. The quantitative estimate of drug-likeness (QED) is 0.168. The van der Waals surface area contributed by atoms with Gasteiger partial charge in [0.25, 0.3) is 15.9 Å². The third-order valence-electron chi connectivity index (χ3n) is 6.20. The predicted molar refractivity (Wildman–Crippen MR) is 146 cm³/mol. The van der Waals surface area contributed by atoms with Crippen LogP contribution in [0.15, 0.2) is 77.7 Å². The van der Waals surface area contributed by atoms with Crippen molar-refractivity contribution in [2.45, 2.75) is 43.7 Å². The molecular formula is C29H25F4N3O4S. The van der Waals surface area contributed by atoms with Crippen LogP contribution in [-0.4, -0.2) is 25.2 Å². The maximum atomic E-state index is 14.4. The van der Waals surface area contributed by atoms with Crippen LogP contribution in [-0.2, 0) is 21.0 Å². The van der Waals surface area contributed by atoms with E-state index >= 15 is 0 Å². The monoisotopic (exact) mass is 587 g/mol. The van der Waals surface area contributed by atoms with Crippen molar-refractivity contribution < 1.29 is 35.6 Å². The molecule has 0 unspecified atom stereocenters. The van der Waals surface area contributed by atoms with E-state index in [4.69, 9.17) is 0 Å². The number of hydrogen-bond acceptors (Lipinski definition) is 5. The zero-order valence-electron chi connectivity index (χ0n) is 21.8. The third-order valence-corrected chi connectivity index (χ3v) is 7.63. The van der Waals surface area contributed by atoms with Crippen molar-refractivity contribution in [3.63, 3.8) is 0 Å². The van der Waals surface area contributed by atoms with E-state index in [1.807, 2.05) is 11.6 Å². The van der Waals surface area contributed by atoms with E-state index < -0.39 is 39.4 Å². The van der Waals surface area contributed by atoms with Crippen LogP contribution in [0, 0.1) is 5.82 Å². The molecule has 0 aliphatic carbocycles. The number of benzene rings is 3. The van der Waals surface area contributed by atoms with Gasteiger partial charge in [0.05, 0.1) is 22.5 Å². The number of nitrogens with zero attached hydrogens (tertiary/aromatic N) is 1. The summed E-state index contributed by atoms with van der Waals surface area (Å²) >= 11 is 0. The predicted octanol–water partition coefficient (Wildman–Crippen LogP) is 6.70. The third kappa shape index (κ3) is 7.07. The molecule has 4 aromatic rings. The maximum Gasteiger partial charge on any atom is 0.416 e. The van der Waals surface area contributed by atoms with Crippen molar-refractivity contribution in [2.75, 3.05) is 5.32 Å². The minimum Gasteiger partial charge on any atom is -0.321 e. The molecule has 7 nitrogen and oxygen atoms in total. The molecule has 2 amide bonds. The van der Waals surface area contributed by atoms with Gasteiger partial charge in [-0.1, -0.05) is 38.0 Å². The number of carbonyl (C=O) groups is 2. The number of nitrogens with one attached hydrogen (secondary N) is 2. The highest BCUT2D eigenvalue weighted by Crippen LogP contribution is 2.33. The molecule has 3 aromatic carbocycles. The van der Waals surface area contributed by atoms with Gasteiger partial charge in [0.1, 0.15) is 10.7 Å². The van der Waals surface area contributed by atoms with Gasteiger partial charge in [-0.05, 0) is 61.0 Å². The first-order chi connectivity index (χ1) is 19.4. The standard InChI is InChI=1S/C29H25F4N3O4S/c1-2-3-4-9-27(37)36-41(39,40)26-8-6-5-7-25(26)35-28(38)19-11-14-23-18(16-19)10-15-24(34-23)21-17-20(29(31,32)33)12-13-22(21)30/h5-8,10-17H,2-4,9H2,1H3,(H,35,38)(H,36,37). The van der Waals surface area contributed by atoms with Gasteiger partial charge in [0.2, 0.25) is 5.91 Å². The Morgan fingerprint density at radius 1 is 0.927 bits per heavy atom. The molecule has 214 valence electrons. The van der Waals surface area contributed by atoms with Crippen LogP contribution in [0.4, 0.5) is 23.2 Å². The molecule has 1 aromatic heterocycles. The fourth-order valence-corrected chi connectivity index (χ4v) is 5.28. The van der Waals surface area contributed by atoms with Crippen LogP contribution in [0.3, 0.4) is 0 Å². The van der Waals surface area contributed by atoms with Crippen molar-refractivity contribution in [1.29, 1.82) is 0 Å². The van der Waals surface area contributed by atoms with Crippen LogP contribution in [0.1, 0.15) is 48.5 Å². The first-order valence-corrected chi connectivity index (χ1v) is 14.1. The molecule has 0 spiro atoms. The lowest BCUT2D eigenvalue weighted by molar-refractivity contribution is -0.137. The number of alkyl halides is 3. The fraction of sp³-hybridized carbons (Fsp3) is 0.207. The topological polar surface area (TPSA) is 105 Å². The average Bonchev–Trinajstić information content (AvgIpc) is 2.92. The van der Waals surface area contributed by atoms with Gasteiger partial charge >= 0.3 is 6.18 Å². The van der Waals surface area contributed by atoms with Crippen molar-refractivity contribution >= 4 is 38.4 Å². The summed E-state index contributed by atoms with van der Waals surface area (Å²) in [6.45, 7) is 1.96. The molecule has 41 heavy (non-hydrogen) atoms. The van der Waals surface area contributed by atoms with E-state index in [9.17, 15) is 35.6 Å². The average molecular weight is 588 g/mol. The first kappa shape index (κ1) is 29.7. The number of unbranched alkanes of at least 4 members (excludes halogenated alkanes) is 2. The molecule has 0 bridgehead atoms. The van der Waals surface area contributed by atoms with Crippen LogP contribution in [0.5, 0.6) is 0 Å². The van der Waals surface area contributed by atoms with E-state index in [1.54, 1.807) is 0 Å². The number of rotatable bonds is 9. The largest absolute Gasteiger partial charge is 0.416 e. The van der Waals surface area contributed by atoms with Crippen molar-refractivity contribution in [3.05, 3.63) is 89.7 Å². The lowest BCUT2D eigenvalue weighted by atomic mass is 10.0. The normalized spacial score (nSPS) is 11.8. The molecule has 1 heterocycles. The number of anilines is 1. The number of carbonyl (C=O) groups excluding carboxylic acids is 2. The molecule has 0 aliphatic rings. The second-order valence-electron chi connectivity index (χ2n) is 9.23. The fourth-order valence-electron chi connectivity index (χ4n) is 4.10. The number of hydrogen-bond donors (Lipinski definition) is 2. The number of para-hydroxylation sites is 1. The summed E-state index contributed by atoms with van der Waals surface area (Å²) in [5, 5.41) is 2.98. The summed E-state index contributed by atoms with van der Waals surface area (Å²) in [5.74, 6) is -2.17. The Bertz CT molecular complexity index is 1720. The van der Waals surface area contributed by atoms with Gasteiger partial charge in [-0.25, -0.2) is 22.5 Å². The summed E-state index contributed by atoms with van der Waals surface area (Å²) in [6, 6.07) is 14.8. The summed E-state index contributed by atoms with van der Waals surface area (Å²) in [6.07, 6.45) is -2.40. The molecule has 4 rings (SSSR count). The first-order valence-electron chi connectivity index (χ1n) is 12.6. The molecule has 2 N–H and O–H groups in total. The van der Waals surface area contributed by atoms with E-state index in [2.05, 4.69) is 10.3 Å². The Kier molecular flexibility index (Phi) is 8.72. The summed E-state index contributed by atoms with van der Waals surface area (Å²) in [4.78, 5) is 29.1. The highest BCUT2D eigenvalue weighted by atomic mass is 32.2. The summed E-state index contributed by atoms with van der Waals surface area (Å²) in [5.41, 5.74) is -0.966. The smallest absolute Gasteiger partial charge is 0.321 e. The Labute approximate surface area is 233 Å². The summed E-state index contributed by atoms with van der Waals surface area (Å²) < 4.78 is 81.4. The van der Waals surface area contributed by atoms with Crippen LogP contribution >= 0.6 is 0 Å². The zero-order valence-corrected chi connectivity index (χ0v) is 22.6. The number of fused-ring (bicyclic) bond motifs is 1. The molecule has 0 atom stereocenters. The second-order valence-corrected chi connectivity index (χ2v) is 10.9. The van der Waals surface area contributed by atoms with E-state index in [-0.39, 0.29) is 33.8 Å². The number of aromatic nitrogens is 1. The van der Waals surface area contributed by atoms with E-state index in [0.717, 1.165) is 18.9 Å². The van der Waals surface area contributed by atoms with Gasteiger partial charge in [-0.15, -0.1) is 0 Å². The minimum atomic E-state index is -4.65. The maximum absolute atomic E-state index is 14.4. The molecule has 0 saturated carbocycles. The Balaban J connectivity index is 1.56. The van der Waals surface area contributed by atoms with Crippen LogP contribution < -0.4 is 10.0 Å². The van der Waals surface area contributed by atoms with E-state index in [1.165, 1.54) is 54.6 Å². The lowest BCUT2D eigenvalue weighted by Gasteiger charge is -2.13. The molecular weight excluding hydrogens is 562 g/mol. The van der Waals surface area contributed by atoms with Crippen molar-refractivity contribution in [1.82, 2.24) is 9.71 Å². The van der Waals surface area contributed by atoms with E-state index in [0.29, 0.717) is 29.5 Å². The summed E-state index contributed by atoms with van der Waals surface area (Å²) in [7, 11) is -4.26. The highest BCUT2D eigenvalue weighted by Gasteiger charge is 2.31. The van der Waals surface area contributed by atoms with Gasteiger partial charge in [0.15, 0.2) is 0 Å².